The van der Waals surface area contributed by atoms with Gasteiger partial charge in [0, 0.05) is 31.4 Å². The van der Waals surface area contributed by atoms with Gasteiger partial charge in [-0.15, -0.1) is 0 Å². The van der Waals surface area contributed by atoms with Crippen molar-refractivity contribution in [1.82, 2.24) is 9.88 Å². The van der Waals surface area contributed by atoms with E-state index in [4.69, 9.17) is 5.73 Å². The summed E-state index contributed by atoms with van der Waals surface area (Å²) in [6, 6.07) is -0.103. The van der Waals surface area contributed by atoms with Crippen molar-refractivity contribution in [1.29, 1.82) is 0 Å². The maximum atomic E-state index is 15.7. The van der Waals surface area contributed by atoms with Gasteiger partial charge in [-0.05, 0) is 31.4 Å². The molecule has 2 fully saturated rings. The van der Waals surface area contributed by atoms with Gasteiger partial charge in [-0.2, -0.15) is 0 Å². The Bertz CT molecular complexity index is 1150. The molecule has 4 N–H and O–H groups in total. The molecule has 1 aromatic heterocycles. The molecule has 0 radical (unpaired) electrons. The molecule has 1 saturated heterocycles. The number of anilines is 2. The molecule has 2 aliphatic heterocycles. The maximum absolute atomic E-state index is 15.7. The highest BCUT2D eigenvalue weighted by Gasteiger charge is 2.36. The third-order valence-electron chi connectivity index (χ3n) is 6.02. The average Bonchev–Trinajstić information content (AvgIpc) is 3.44. The Hall–Kier alpha value is -2.94. The number of pyridine rings is 1. The zero-order chi connectivity index (χ0) is 20.4. The number of nitrogens with zero attached hydrogens (tertiary/aromatic N) is 2. The molecule has 9 heteroatoms. The predicted octanol–water partition coefficient (Wildman–Crippen LogP) is 2.00. The number of carboxylic acids is 1. The summed E-state index contributed by atoms with van der Waals surface area (Å²) in [7, 11) is 0. The van der Waals surface area contributed by atoms with E-state index in [1.54, 1.807) is 4.90 Å². The average molecular weight is 402 g/mol. The van der Waals surface area contributed by atoms with Gasteiger partial charge < -0.3 is 25.6 Å². The smallest absolute Gasteiger partial charge is 0.341 e. The van der Waals surface area contributed by atoms with Crippen molar-refractivity contribution >= 4 is 28.2 Å². The molecule has 3 aliphatic rings. The molecule has 3 heterocycles. The van der Waals surface area contributed by atoms with Crippen LogP contribution >= 0.6 is 0 Å². The second-order valence-electron chi connectivity index (χ2n) is 7.88. The minimum Gasteiger partial charge on any atom is -0.477 e. The Morgan fingerprint density at radius 1 is 1.28 bits per heavy atom. The first-order valence-corrected chi connectivity index (χ1v) is 9.64. The number of benzene rings is 1. The van der Waals surface area contributed by atoms with Crippen LogP contribution in [0, 0.1) is 11.6 Å². The summed E-state index contributed by atoms with van der Waals surface area (Å²) in [5, 5.41) is 12.3. The Morgan fingerprint density at radius 2 is 2.03 bits per heavy atom. The van der Waals surface area contributed by atoms with Crippen molar-refractivity contribution in [3.63, 3.8) is 0 Å². The van der Waals surface area contributed by atoms with Crippen molar-refractivity contribution in [2.45, 2.75) is 31.3 Å². The van der Waals surface area contributed by atoms with Gasteiger partial charge in [0.25, 0.3) is 0 Å². The molecule has 0 bridgehead atoms. The topological polar surface area (TPSA) is 101 Å². The molecular formula is C20H20F2N4O3. The van der Waals surface area contributed by atoms with Crippen LogP contribution in [0.5, 0.6) is 0 Å². The molecule has 1 atom stereocenters. The minimum atomic E-state index is -1.45. The molecule has 29 heavy (non-hydrogen) atoms. The van der Waals surface area contributed by atoms with E-state index in [0.29, 0.717) is 13.1 Å². The van der Waals surface area contributed by atoms with E-state index in [-0.39, 0.29) is 23.3 Å². The lowest BCUT2D eigenvalue weighted by Crippen LogP contribution is -2.36. The normalized spacial score (nSPS) is 21.4. The fourth-order valence-electron chi connectivity index (χ4n) is 4.44. The van der Waals surface area contributed by atoms with E-state index in [1.807, 2.05) is 0 Å². The van der Waals surface area contributed by atoms with E-state index in [2.05, 4.69) is 11.4 Å². The van der Waals surface area contributed by atoms with Crippen molar-refractivity contribution < 1.29 is 18.7 Å². The number of aromatic carboxylic acids is 1. The van der Waals surface area contributed by atoms with Crippen molar-refractivity contribution in [2.24, 2.45) is 0 Å². The van der Waals surface area contributed by atoms with Crippen LogP contribution in [-0.4, -0.2) is 41.3 Å². The zero-order valence-corrected chi connectivity index (χ0v) is 15.5. The minimum absolute atomic E-state index is 0.0273. The second-order valence-corrected chi connectivity index (χ2v) is 7.88. The summed E-state index contributed by atoms with van der Waals surface area (Å²) < 4.78 is 32.4. The summed E-state index contributed by atoms with van der Waals surface area (Å²) in [5.74, 6) is -3.33. The SMILES string of the molecule is Nc1c(F)c(N2CC3=CCCNC3C2)c(F)c2c1c(=O)c(C(=O)O)cn2C1CC1. The van der Waals surface area contributed by atoms with Crippen LogP contribution in [0.4, 0.5) is 20.2 Å². The molecule has 5 rings (SSSR count). The van der Waals surface area contributed by atoms with Gasteiger partial charge in [-0.1, -0.05) is 6.08 Å². The number of fused-ring (bicyclic) bond motifs is 2. The number of rotatable bonds is 3. The Morgan fingerprint density at radius 3 is 2.69 bits per heavy atom. The fourth-order valence-corrected chi connectivity index (χ4v) is 4.44. The number of carboxylic acid groups (broad SMARTS) is 1. The lowest BCUT2D eigenvalue weighted by molar-refractivity contribution is 0.0695. The van der Waals surface area contributed by atoms with Crippen LogP contribution in [0.2, 0.25) is 0 Å². The highest BCUT2D eigenvalue weighted by atomic mass is 19.1. The summed E-state index contributed by atoms with van der Waals surface area (Å²) in [6.45, 7) is 1.58. The lowest BCUT2D eigenvalue weighted by atomic mass is 10.1. The third-order valence-corrected chi connectivity index (χ3v) is 6.02. The highest BCUT2D eigenvalue weighted by Crippen LogP contribution is 2.42. The number of nitrogens with one attached hydrogen (secondary N) is 1. The first kappa shape index (κ1) is 18.1. The van der Waals surface area contributed by atoms with Crippen LogP contribution in [0.3, 0.4) is 0 Å². The number of hydrogen-bond donors (Lipinski definition) is 3. The second kappa shape index (κ2) is 6.28. The van der Waals surface area contributed by atoms with E-state index >= 15 is 8.78 Å². The van der Waals surface area contributed by atoms with Gasteiger partial charge >= 0.3 is 5.97 Å². The van der Waals surface area contributed by atoms with Crippen LogP contribution in [0.1, 0.15) is 35.7 Å². The molecule has 1 aromatic carbocycles. The van der Waals surface area contributed by atoms with E-state index < -0.39 is 39.7 Å². The number of carbonyl (C=O) groups is 1. The maximum Gasteiger partial charge on any atom is 0.341 e. The molecule has 2 aromatic rings. The Kier molecular flexibility index (Phi) is 3.92. The van der Waals surface area contributed by atoms with E-state index in [0.717, 1.165) is 37.6 Å². The quantitative estimate of drug-likeness (QED) is 0.536. The van der Waals surface area contributed by atoms with Crippen LogP contribution in [0.15, 0.2) is 22.6 Å². The third kappa shape index (κ3) is 2.64. The molecule has 1 saturated carbocycles. The molecule has 152 valence electrons. The summed E-state index contributed by atoms with van der Waals surface area (Å²) in [6.07, 6.45) is 5.56. The predicted molar refractivity (Wildman–Crippen MR) is 104 cm³/mol. The van der Waals surface area contributed by atoms with Crippen LogP contribution in [-0.2, 0) is 0 Å². The number of halogens is 2. The Labute approximate surface area is 164 Å². The number of nitrogen functional groups attached to an aromatic ring is 1. The van der Waals surface area contributed by atoms with Crippen LogP contribution in [0.25, 0.3) is 10.9 Å². The summed E-state index contributed by atoms with van der Waals surface area (Å²) >= 11 is 0. The van der Waals surface area contributed by atoms with E-state index in [9.17, 15) is 14.7 Å². The summed E-state index contributed by atoms with van der Waals surface area (Å²) in [5.41, 5.74) is 4.65. The first-order valence-electron chi connectivity index (χ1n) is 9.64. The Balaban J connectivity index is 1.77. The van der Waals surface area contributed by atoms with Gasteiger partial charge in [0.05, 0.1) is 16.6 Å². The van der Waals surface area contributed by atoms with Crippen molar-refractivity contribution in [2.75, 3.05) is 30.3 Å². The fraction of sp³-hybridized carbons (Fsp3) is 0.400. The zero-order valence-electron chi connectivity index (χ0n) is 15.5. The van der Waals surface area contributed by atoms with Crippen molar-refractivity contribution in [3.05, 3.63) is 45.3 Å². The molecule has 1 unspecified atom stereocenters. The standard InChI is InChI=1S/C20H20F2N4O3/c21-14-16(23)13-17(26(10-3-4-10)7-11(19(13)27)20(28)29)15(22)18(14)25-6-9-2-1-5-24-12(9)8-25/h2,7,10,12,24H,1,3-6,8,23H2,(H,28,29). The van der Waals surface area contributed by atoms with Gasteiger partial charge in [0.2, 0.25) is 5.43 Å². The van der Waals surface area contributed by atoms with Gasteiger partial charge in [0.15, 0.2) is 11.6 Å². The molecule has 7 nitrogen and oxygen atoms in total. The van der Waals surface area contributed by atoms with Gasteiger partial charge in [-0.3, -0.25) is 4.79 Å². The van der Waals surface area contributed by atoms with E-state index in [1.165, 1.54) is 4.57 Å². The molecular weight excluding hydrogens is 382 g/mol. The number of nitrogens with two attached hydrogens (primary N) is 1. The number of aromatic nitrogens is 1. The summed E-state index contributed by atoms with van der Waals surface area (Å²) in [4.78, 5) is 25.8. The van der Waals surface area contributed by atoms with Gasteiger partial charge in [0.1, 0.15) is 11.3 Å². The first-order chi connectivity index (χ1) is 13.9. The van der Waals surface area contributed by atoms with Crippen LogP contribution < -0.4 is 21.4 Å². The number of hydrogen-bond acceptors (Lipinski definition) is 5. The van der Waals surface area contributed by atoms with Crippen molar-refractivity contribution in [3.8, 4) is 0 Å². The molecule has 0 spiro atoms. The van der Waals surface area contributed by atoms with Gasteiger partial charge in [-0.25, -0.2) is 13.6 Å². The molecule has 0 amide bonds. The monoisotopic (exact) mass is 402 g/mol. The largest absolute Gasteiger partial charge is 0.477 e. The molecule has 1 aliphatic carbocycles. The highest BCUT2D eigenvalue weighted by molar-refractivity contribution is 5.99. The lowest BCUT2D eigenvalue weighted by Gasteiger charge is -2.23.